The number of carbonyl (C=O) groups is 4. The first kappa shape index (κ1) is 33.3. The summed E-state index contributed by atoms with van der Waals surface area (Å²) in [7, 11) is 2.67. The molecule has 1 aliphatic carbocycles. The molecule has 13 heteroatoms. The number of rotatable bonds is 15. The number of methoxy groups -OCH3 is 2. The second kappa shape index (κ2) is 13.7. The second-order valence-corrected chi connectivity index (χ2v) is 13.3. The molecule has 46 heavy (non-hydrogen) atoms. The number of ether oxygens (including phenoxy) is 4. The minimum absolute atomic E-state index is 0.00817. The van der Waals surface area contributed by atoms with Gasteiger partial charge < -0.3 is 24.1 Å². The first-order valence-corrected chi connectivity index (χ1v) is 16.2. The fourth-order valence-electron chi connectivity index (χ4n) is 5.40. The highest BCUT2D eigenvalue weighted by Crippen LogP contribution is 2.44. The van der Waals surface area contributed by atoms with Crippen LogP contribution in [0.4, 0.5) is 8.78 Å². The SMILES string of the molecule is COc1cc2sc(C(=O)C[C@H](C)C(=O)O)cc2c(F)c1OCCCOc1cc2sc(C(=O)[C@@H]3CC[C@H]3C(C)=O)cc2c(F)c1OC. The van der Waals surface area contributed by atoms with E-state index in [-0.39, 0.29) is 88.1 Å². The van der Waals surface area contributed by atoms with Crippen LogP contribution in [0.25, 0.3) is 20.2 Å². The van der Waals surface area contributed by atoms with E-state index in [1.165, 1.54) is 40.2 Å². The van der Waals surface area contributed by atoms with Gasteiger partial charge in [0, 0.05) is 57.0 Å². The molecule has 4 aromatic rings. The number of thiophene rings is 2. The number of halogens is 2. The van der Waals surface area contributed by atoms with E-state index in [4.69, 9.17) is 24.1 Å². The van der Waals surface area contributed by atoms with E-state index >= 15 is 8.78 Å². The molecular formula is C33H32F2O9S2. The molecule has 2 aromatic carbocycles. The summed E-state index contributed by atoms with van der Waals surface area (Å²) < 4.78 is 54.0. The summed E-state index contributed by atoms with van der Waals surface area (Å²) >= 11 is 2.18. The van der Waals surface area contributed by atoms with Crippen LogP contribution in [-0.4, -0.2) is 55.9 Å². The van der Waals surface area contributed by atoms with Gasteiger partial charge in [0.2, 0.25) is 0 Å². The molecule has 1 N–H and O–H groups in total. The van der Waals surface area contributed by atoms with Gasteiger partial charge >= 0.3 is 5.97 Å². The fraction of sp³-hybridized carbons (Fsp3) is 0.394. The van der Waals surface area contributed by atoms with Crippen LogP contribution >= 0.6 is 22.7 Å². The fourth-order valence-corrected chi connectivity index (χ4v) is 7.53. The Morgan fingerprint density at radius 3 is 2.02 bits per heavy atom. The average Bonchev–Trinajstić information content (AvgIpc) is 3.62. The number of carbonyl (C=O) groups excluding carboxylic acids is 3. The molecule has 1 fully saturated rings. The maximum atomic E-state index is 15.5. The van der Waals surface area contributed by atoms with Gasteiger partial charge in [0.15, 0.2) is 46.2 Å². The Labute approximate surface area is 271 Å². The third kappa shape index (κ3) is 6.43. The Balaban J connectivity index is 1.25. The Kier molecular flexibility index (Phi) is 9.92. The van der Waals surface area contributed by atoms with Crippen molar-refractivity contribution in [3.8, 4) is 23.0 Å². The van der Waals surface area contributed by atoms with Crippen LogP contribution in [-0.2, 0) is 9.59 Å². The number of carboxylic acid groups (broad SMARTS) is 1. The number of carboxylic acids is 1. The Hall–Kier alpha value is -4.10. The molecule has 0 radical (unpaired) electrons. The average molecular weight is 675 g/mol. The summed E-state index contributed by atoms with van der Waals surface area (Å²) in [5, 5.41) is 9.49. The normalized spacial score (nSPS) is 16.6. The first-order chi connectivity index (χ1) is 21.9. The zero-order valence-electron chi connectivity index (χ0n) is 25.6. The Morgan fingerprint density at radius 1 is 0.848 bits per heavy atom. The smallest absolute Gasteiger partial charge is 0.306 e. The lowest BCUT2D eigenvalue weighted by molar-refractivity contribution is -0.141. The number of Topliss-reactive ketones (excluding diaryl/α,β-unsaturated/α-hetero) is 3. The molecule has 0 saturated heterocycles. The van der Waals surface area contributed by atoms with E-state index in [0.717, 1.165) is 22.7 Å². The van der Waals surface area contributed by atoms with Crippen molar-refractivity contribution in [2.75, 3.05) is 27.4 Å². The highest BCUT2D eigenvalue weighted by Gasteiger charge is 2.40. The highest BCUT2D eigenvalue weighted by atomic mass is 32.1. The summed E-state index contributed by atoms with van der Waals surface area (Å²) in [4.78, 5) is 49.2. The largest absolute Gasteiger partial charge is 0.493 e. The van der Waals surface area contributed by atoms with Gasteiger partial charge in [0.25, 0.3) is 0 Å². The van der Waals surface area contributed by atoms with Gasteiger partial charge in [-0.05, 0) is 31.9 Å². The van der Waals surface area contributed by atoms with E-state index in [0.29, 0.717) is 27.1 Å². The topological polar surface area (TPSA) is 125 Å². The van der Waals surface area contributed by atoms with E-state index in [9.17, 15) is 19.2 Å². The van der Waals surface area contributed by atoms with Gasteiger partial charge in [-0.1, -0.05) is 6.92 Å². The van der Waals surface area contributed by atoms with Gasteiger partial charge in [-0.25, -0.2) is 8.78 Å². The molecular weight excluding hydrogens is 642 g/mol. The predicted molar refractivity (Wildman–Crippen MR) is 169 cm³/mol. The maximum Gasteiger partial charge on any atom is 0.306 e. The molecule has 2 heterocycles. The van der Waals surface area contributed by atoms with E-state index in [1.54, 1.807) is 12.1 Å². The number of fused-ring (bicyclic) bond motifs is 2. The number of hydrogen-bond acceptors (Lipinski definition) is 10. The van der Waals surface area contributed by atoms with Crippen molar-refractivity contribution >= 4 is 66.2 Å². The molecule has 244 valence electrons. The molecule has 0 amide bonds. The lowest BCUT2D eigenvalue weighted by Gasteiger charge is -2.33. The standard InChI is InChI=1S/C33H32F2O9S2/c1-15(33(39)40)10-21(37)26-11-19-24(45-26)13-22(41-3)32(29(19)35)44-9-5-8-43-23-14-25-20(28(34)31(23)42-4)12-27(46-25)30(38)18-7-6-17(18)16(2)36/h11-15,17-18H,5-10H2,1-4H3,(H,39,40)/t15-,17-,18+/m0/s1. The number of benzene rings is 2. The quantitative estimate of drug-likeness (QED) is 0.102. The van der Waals surface area contributed by atoms with Crippen molar-refractivity contribution in [2.45, 2.75) is 39.5 Å². The molecule has 3 atom stereocenters. The molecule has 0 unspecified atom stereocenters. The van der Waals surface area contributed by atoms with Gasteiger partial charge in [-0.15, -0.1) is 22.7 Å². The van der Waals surface area contributed by atoms with Crippen LogP contribution in [0.3, 0.4) is 0 Å². The molecule has 9 nitrogen and oxygen atoms in total. The van der Waals surface area contributed by atoms with Crippen molar-refractivity contribution in [3.63, 3.8) is 0 Å². The van der Waals surface area contributed by atoms with Crippen molar-refractivity contribution in [1.82, 2.24) is 0 Å². The van der Waals surface area contributed by atoms with Crippen molar-refractivity contribution in [3.05, 3.63) is 45.7 Å². The Morgan fingerprint density at radius 2 is 1.43 bits per heavy atom. The zero-order valence-corrected chi connectivity index (χ0v) is 27.2. The molecule has 0 bridgehead atoms. The Bertz CT molecular complexity index is 1840. The minimum atomic E-state index is -1.09. The van der Waals surface area contributed by atoms with Crippen LogP contribution in [0.5, 0.6) is 23.0 Å². The molecule has 2 aromatic heterocycles. The van der Waals surface area contributed by atoms with Crippen molar-refractivity contribution in [1.29, 1.82) is 0 Å². The summed E-state index contributed by atoms with van der Waals surface area (Å²) in [6, 6.07) is 6.04. The molecule has 5 rings (SSSR count). The predicted octanol–water partition coefficient (Wildman–Crippen LogP) is 7.35. The molecule has 0 aliphatic heterocycles. The first-order valence-electron chi connectivity index (χ1n) is 14.6. The van der Waals surface area contributed by atoms with Gasteiger partial charge in [0.05, 0.1) is 43.1 Å². The number of aliphatic carboxylic acids is 1. The third-order valence-electron chi connectivity index (χ3n) is 8.15. The minimum Gasteiger partial charge on any atom is -0.493 e. The van der Waals surface area contributed by atoms with Crippen LogP contribution in [0.2, 0.25) is 0 Å². The van der Waals surface area contributed by atoms with E-state index in [1.807, 2.05) is 0 Å². The monoisotopic (exact) mass is 674 g/mol. The van der Waals surface area contributed by atoms with Gasteiger partial charge in [0.1, 0.15) is 5.78 Å². The van der Waals surface area contributed by atoms with Gasteiger partial charge in [-0.3, -0.25) is 19.2 Å². The highest BCUT2D eigenvalue weighted by molar-refractivity contribution is 7.21. The summed E-state index contributed by atoms with van der Waals surface area (Å²) in [5.74, 6) is -4.60. The second-order valence-electron chi connectivity index (χ2n) is 11.2. The lowest BCUT2D eigenvalue weighted by atomic mass is 9.69. The number of hydrogen-bond donors (Lipinski definition) is 1. The van der Waals surface area contributed by atoms with E-state index in [2.05, 4.69) is 0 Å². The van der Waals surface area contributed by atoms with Crippen LogP contribution < -0.4 is 18.9 Å². The molecule has 1 aliphatic rings. The summed E-state index contributed by atoms with van der Waals surface area (Å²) in [6.07, 6.45) is 1.37. The summed E-state index contributed by atoms with van der Waals surface area (Å²) in [6.45, 7) is 2.98. The van der Waals surface area contributed by atoms with Gasteiger partial charge in [-0.2, -0.15) is 0 Å². The van der Waals surface area contributed by atoms with Crippen LogP contribution in [0.15, 0.2) is 24.3 Å². The molecule has 0 spiro atoms. The number of ketones is 3. The van der Waals surface area contributed by atoms with E-state index < -0.39 is 29.3 Å². The maximum absolute atomic E-state index is 15.5. The summed E-state index contributed by atoms with van der Waals surface area (Å²) in [5.41, 5.74) is 0. The van der Waals surface area contributed by atoms with Crippen molar-refractivity contribution < 1.29 is 52.0 Å². The van der Waals surface area contributed by atoms with Crippen LogP contribution in [0, 0.1) is 29.4 Å². The van der Waals surface area contributed by atoms with Crippen molar-refractivity contribution in [2.24, 2.45) is 17.8 Å². The third-order valence-corrected chi connectivity index (χ3v) is 10.4. The van der Waals surface area contributed by atoms with Crippen LogP contribution in [0.1, 0.15) is 58.9 Å². The lowest BCUT2D eigenvalue weighted by Crippen LogP contribution is -2.36. The zero-order chi connectivity index (χ0) is 33.3. The molecule has 1 saturated carbocycles.